The molecule has 23 heavy (non-hydrogen) atoms. The Bertz CT molecular complexity index is 630. The second-order valence-electron chi connectivity index (χ2n) is 6.36. The van der Waals surface area contributed by atoms with Gasteiger partial charge in [0.05, 0.1) is 6.04 Å². The van der Waals surface area contributed by atoms with Crippen LogP contribution in [0.1, 0.15) is 31.2 Å². The summed E-state index contributed by atoms with van der Waals surface area (Å²) in [6, 6.07) is 18.4. The number of amides is 1. The molecule has 0 heterocycles. The van der Waals surface area contributed by atoms with Gasteiger partial charge in [-0.1, -0.05) is 67.4 Å². The molecule has 1 amide bonds. The molecule has 1 unspecified atom stereocenters. The first-order chi connectivity index (χ1) is 11.2. The Hall–Kier alpha value is -2.13. The molecule has 3 heteroatoms. The molecule has 1 fully saturated rings. The Balaban J connectivity index is 1.58. The van der Waals surface area contributed by atoms with Crippen molar-refractivity contribution < 1.29 is 4.79 Å². The average molecular weight is 308 g/mol. The molecule has 1 saturated carbocycles. The van der Waals surface area contributed by atoms with Crippen LogP contribution in [0.15, 0.2) is 54.6 Å². The van der Waals surface area contributed by atoms with Crippen molar-refractivity contribution >= 4 is 5.91 Å². The minimum atomic E-state index is -0.474. The van der Waals surface area contributed by atoms with Crippen molar-refractivity contribution in [2.24, 2.45) is 5.73 Å². The van der Waals surface area contributed by atoms with Gasteiger partial charge in [0.2, 0.25) is 5.91 Å². The van der Waals surface area contributed by atoms with Crippen molar-refractivity contribution in [3.05, 3.63) is 60.2 Å². The van der Waals surface area contributed by atoms with Gasteiger partial charge in [-0.25, -0.2) is 0 Å². The number of carbonyl (C=O) groups excluding carboxylic acids is 1. The van der Waals surface area contributed by atoms with E-state index in [0.717, 1.165) is 18.4 Å². The smallest absolute Gasteiger partial charge is 0.237 e. The van der Waals surface area contributed by atoms with Gasteiger partial charge in [-0.3, -0.25) is 4.79 Å². The van der Waals surface area contributed by atoms with Gasteiger partial charge in [-0.05, 0) is 36.0 Å². The lowest BCUT2D eigenvalue weighted by molar-refractivity contribution is -0.123. The summed E-state index contributed by atoms with van der Waals surface area (Å²) in [6.07, 6.45) is 5.17. The lowest BCUT2D eigenvalue weighted by atomic mass is 10.0. The molecule has 2 aromatic carbocycles. The van der Waals surface area contributed by atoms with E-state index in [1.54, 1.807) is 0 Å². The molecule has 0 radical (unpaired) electrons. The minimum absolute atomic E-state index is 0.0240. The number of rotatable bonds is 5. The van der Waals surface area contributed by atoms with E-state index in [-0.39, 0.29) is 5.91 Å². The zero-order valence-corrected chi connectivity index (χ0v) is 13.4. The second kappa shape index (κ2) is 7.42. The molecule has 0 aliphatic heterocycles. The SMILES string of the molecule is NC(Cc1ccc(-c2ccccc2)cc1)C(=O)NC1CCCC1. The normalized spacial score (nSPS) is 16.2. The Kier molecular flexibility index (Phi) is 5.09. The van der Waals surface area contributed by atoms with Gasteiger partial charge in [0.15, 0.2) is 0 Å². The molecule has 2 aromatic rings. The average Bonchev–Trinajstić information content (AvgIpc) is 3.09. The van der Waals surface area contributed by atoms with Crippen LogP contribution in [0.3, 0.4) is 0 Å². The highest BCUT2D eigenvalue weighted by Crippen LogP contribution is 2.20. The quantitative estimate of drug-likeness (QED) is 0.890. The largest absolute Gasteiger partial charge is 0.352 e. The number of benzene rings is 2. The van der Waals surface area contributed by atoms with Crippen molar-refractivity contribution in [1.82, 2.24) is 5.32 Å². The van der Waals surface area contributed by atoms with Crippen LogP contribution in [0.5, 0.6) is 0 Å². The Labute approximate surface area is 137 Å². The number of hydrogen-bond acceptors (Lipinski definition) is 2. The van der Waals surface area contributed by atoms with Crippen molar-refractivity contribution in [2.75, 3.05) is 0 Å². The van der Waals surface area contributed by atoms with Gasteiger partial charge in [0.1, 0.15) is 0 Å². The molecule has 1 aliphatic carbocycles. The Morgan fingerprint density at radius 2 is 1.61 bits per heavy atom. The van der Waals surface area contributed by atoms with Gasteiger partial charge >= 0.3 is 0 Å². The van der Waals surface area contributed by atoms with Crippen LogP contribution in [-0.4, -0.2) is 18.0 Å². The summed E-state index contributed by atoms with van der Waals surface area (Å²) in [5.41, 5.74) is 9.54. The van der Waals surface area contributed by atoms with Crippen molar-refractivity contribution in [2.45, 2.75) is 44.2 Å². The summed E-state index contributed by atoms with van der Waals surface area (Å²) < 4.78 is 0. The van der Waals surface area contributed by atoms with Crippen LogP contribution in [0, 0.1) is 0 Å². The minimum Gasteiger partial charge on any atom is -0.352 e. The van der Waals surface area contributed by atoms with Crippen LogP contribution in [-0.2, 0) is 11.2 Å². The molecule has 120 valence electrons. The third-order valence-electron chi connectivity index (χ3n) is 4.55. The van der Waals surface area contributed by atoms with Crippen LogP contribution in [0.4, 0.5) is 0 Å². The standard InChI is InChI=1S/C20H24N2O/c21-19(20(23)22-18-8-4-5-9-18)14-15-10-12-17(13-11-15)16-6-2-1-3-7-16/h1-3,6-7,10-13,18-19H,4-5,8-9,14,21H2,(H,22,23). The fourth-order valence-electron chi connectivity index (χ4n) is 3.19. The third kappa shape index (κ3) is 4.20. The molecule has 1 aliphatic rings. The molecule has 0 bridgehead atoms. The van der Waals surface area contributed by atoms with Crippen molar-refractivity contribution in [1.29, 1.82) is 0 Å². The number of nitrogens with one attached hydrogen (secondary N) is 1. The molecule has 3 N–H and O–H groups in total. The second-order valence-corrected chi connectivity index (χ2v) is 6.36. The molecule has 1 atom stereocenters. The lowest BCUT2D eigenvalue weighted by Crippen LogP contribution is -2.45. The van der Waals surface area contributed by atoms with Crippen molar-refractivity contribution in [3.8, 4) is 11.1 Å². The van der Waals surface area contributed by atoms with Gasteiger partial charge in [-0.15, -0.1) is 0 Å². The van der Waals surface area contributed by atoms with Crippen LogP contribution < -0.4 is 11.1 Å². The first-order valence-electron chi connectivity index (χ1n) is 8.43. The number of hydrogen-bond donors (Lipinski definition) is 2. The van der Waals surface area contributed by atoms with Gasteiger partial charge in [0.25, 0.3) is 0 Å². The molecular weight excluding hydrogens is 284 g/mol. The Morgan fingerprint density at radius 3 is 2.26 bits per heavy atom. The maximum absolute atomic E-state index is 12.2. The van der Waals surface area contributed by atoms with Gasteiger partial charge in [0, 0.05) is 6.04 Å². The maximum Gasteiger partial charge on any atom is 0.237 e. The predicted octanol–water partition coefficient (Wildman–Crippen LogP) is 3.28. The highest BCUT2D eigenvalue weighted by Gasteiger charge is 2.21. The monoisotopic (exact) mass is 308 g/mol. The summed E-state index contributed by atoms with van der Waals surface area (Å²) in [5.74, 6) is -0.0240. The molecule has 0 spiro atoms. The molecule has 3 nitrogen and oxygen atoms in total. The molecule has 3 rings (SSSR count). The first kappa shape index (κ1) is 15.8. The molecule has 0 saturated heterocycles. The molecule has 0 aromatic heterocycles. The topological polar surface area (TPSA) is 55.1 Å². The van der Waals surface area contributed by atoms with Gasteiger partial charge in [-0.2, -0.15) is 0 Å². The summed E-state index contributed by atoms with van der Waals surface area (Å²) >= 11 is 0. The van der Waals surface area contributed by atoms with E-state index in [2.05, 4.69) is 41.7 Å². The fraction of sp³-hybridized carbons (Fsp3) is 0.350. The van der Waals surface area contributed by atoms with Crippen LogP contribution in [0.25, 0.3) is 11.1 Å². The van der Waals surface area contributed by atoms with Crippen LogP contribution >= 0.6 is 0 Å². The third-order valence-corrected chi connectivity index (χ3v) is 4.55. The Morgan fingerprint density at radius 1 is 1.00 bits per heavy atom. The molecular formula is C20H24N2O. The van der Waals surface area contributed by atoms with E-state index in [4.69, 9.17) is 5.73 Å². The maximum atomic E-state index is 12.2. The van der Waals surface area contributed by atoms with E-state index in [9.17, 15) is 4.79 Å². The van der Waals surface area contributed by atoms with Gasteiger partial charge < -0.3 is 11.1 Å². The fourth-order valence-corrected chi connectivity index (χ4v) is 3.19. The first-order valence-corrected chi connectivity index (χ1v) is 8.43. The zero-order valence-electron chi connectivity index (χ0n) is 13.4. The summed E-state index contributed by atoms with van der Waals surface area (Å²) in [6.45, 7) is 0. The summed E-state index contributed by atoms with van der Waals surface area (Å²) in [4.78, 5) is 12.2. The van der Waals surface area contributed by atoms with E-state index < -0.39 is 6.04 Å². The van der Waals surface area contributed by atoms with E-state index in [1.165, 1.54) is 24.0 Å². The van der Waals surface area contributed by atoms with Crippen molar-refractivity contribution in [3.63, 3.8) is 0 Å². The predicted molar refractivity (Wildman–Crippen MR) is 94.0 cm³/mol. The van der Waals surface area contributed by atoms with E-state index >= 15 is 0 Å². The van der Waals surface area contributed by atoms with Crippen LogP contribution in [0.2, 0.25) is 0 Å². The summed E-state index contributed by atoms with van der Waals surface area (Å²) in [5, 5.41) is 3.07. The number of nitrogens with two attached hydrogens (primary N) is 1. The number of carbonyl (C=O) groups is 1. The lowest BCUT2D eigenvalue weighted by Gasteiger charge is -2.16. The highest BCUT2D eigenvalue weighted by atomic mass is 16.2. The van der Waals surface area contributed by atoms with E-state index in [0.29, 0.717) is 12.5 Å². The zero-order chi connectivity index (χ0) is 16.1. The van der Waals surface area contributed by atoms with E-state index in [1.807, 2.05) is 18.2 Å². The summed E-state index contributed by atoms with van der Waals surface area (Å²) in [7, 11) is 0. The highest BCUT2D eigenvalue weighted by molar-refractivity contribution is 5.82.